The first-order valence-corrected chi connectivity index (χ1v) is 10.5. The molecule has 0 bridgehead atoms. The summed E-state index contributed by atoms with van der Waals surface area (Å²) >= 11 is 1.40. The highest BCUT2D eigenvalue weighted by atomic mass is 32.2. The Morgan fingerprint density at radius 1 is 1.20 bits per heavy atom. The van der Waals surface area contributed by atoms with Crippen LogP contribution < -0.4 is 15.8 Å². The van der Waals surface area contributed by atoms with Gasteiger partial charge in [0.2, 0.25) is 0 Å². The number of hydrogen-bond donors (Lipinski definition) is 2. The Kier molecular flexibility index (Phi) is 6.21. The van der Waals surface area contributed by atoms with Crippen LogP contribution in [0.15, 0.2) is 47.4 Å². The molecule has 2 aromatic carbocycles. The van der Waals surface area contributed by atoms with Crippen molar-refractivity contribution in [3.8, 4) is 0 Å². The fraction of sp³-hybridized carbons (Fsp3) is 0.286. The van der Waals surface area contributed by atoms with E-state index in [0.717, 1.165) is 4.90 Å². The van der Waals surface area contributed by atoms with Gasteiger partial charge in [0.25, 0.3) is 5.91 Å². The van der Waals surface area contributed by atoms with E-state index in [-0.39, 0.29) is 12.5 Å². The Labute approximate surface area is 178 Å². The van der Waals surface area contributed by atoms with Gasteiger partial charge in [-0.2, -0.15) is 0 Å². The van der Waals surface area contributed by atoms with Crippen molar-refractivity contribution in [2.75, 3.05) is 37.3 Å². The number of hydrogen-bond acceptors (Lipinski definition) is 7. The van der Waals surface area contributed by atoms with E-state index in [1.807, 2.05) is 12.3 Å². The molecule has 0 unspecified atom stereocenters. The second kappa shape index (κ2) is 8.66. The molecule has 0 fully saturated rings. The van der Waals surface area contributed by atoms with Gasteiger partial charge >= 0.3 is 12.1 Å². The third kappa shape index (κ3) is 3.35. The number of carbonyl (C=O) groups excluding carboxylic acids is 3. The zero-order chi connectivity index (χ0) is 21.9. The Morgan fingerprint density at radius 2 is 1.93 bits per heavy atom. The summed E-state index contributed by atoms with van der Waals surface area (Å²) in [7, 11) is 2.91. The van der Waals surface area contributed by atoms with Crippen LogP contribution in [-0.2, 0) is 24.5 Å². The first-order valence-electron chi connectivity index (χ1n) is 9.25. The van der Waals surface area contributed by atoms with Crippen LogP contribution in [0.3, 0.4) is 0 Å². The number of ether oxygens (including phenoxy) is 2. The van der Waals surface area contributed by atoms with Crippen molar-refractivity contribution >= 4 is 41.1 Å². The van der Waals surface area contributed by atoms with Crippen molar-refractivity contribution in [3.63, 3.8) is 0 Å². The van der Waals surface area contributed by atoms with Crippen LogP contribution in [0.4, 0.5) is 16.2 Å². The minimum atomic E-state index is -1.60. The minimum Gasteiger partial charge on any atom is -0.465 e. The monoisotopic (exact) mass is 429 g/mol. The van der Waals surface area contributed by atoms with Crippen molar-refractivity contribution in [1.82, 2.24) is 5.43 Å². The molecule has 0 radical (unpaired) electrons. The average Bonchev–Trinajstić information content (AvgIpc) is 3.00. The third-order valence-corrected chi connectivity index (χ3v) is 5.77. The van der Waals surface area contributed by atoms with Gasteiger partial charge in [0.1, 0.15) is 0 Å². The van der Waals surface area contributed by atoms with E-state index in [0.29, 0.717) is 22.5 Å². The molecular weight excluding hydrogens is 406 g/mol. The van der Waals surface area contributed by atoms with Crippen molar-refractivity contribution in [2.24, 2.45) is 0 Å². The van der Waals surface area contributed by atoms with Crippen LogP contribution in [0.5, 0.6) is 0 Å². The number of thioether (sulfide) groups is 1. The van der Waals surface area contributed by atoms with Crippen molar-refractivity contribution in [3.05, 3.63) is 53.6 Å². The number of para-hydroxylation sites is 1. The number of hydrazine groups is 1. The smallest absolute Gasteiger partial charge is 0.425 e. The number of methoxy groups -OCH3 is 1. The second-order valence-electron chi connectivity index (χ2n) is 6.51. The molecule has 0 aromatic heterocycles. The van der Waals surface area contributed by atoms with Crippen molar-refractivity contribution in [2.45, 2.75) is 17.2 Å². The number of nitrogens with one attached hydrogen (secondary N) is 2. The molecule has 0 spiro atoms. The fourth-order valence-corrected chi connectivity index (χ4v) is 4.17. The molecule has 9 heteroatoms. The summed E-state index contributed by atoms with van der Waals surface area (Å²) in [5, 5.41) is 0. The van der Waals surface area contributed by atoms with Crippen LogP contribution in [0.25, 0.3) is 0 Å². The van der Waals surface area contributed by atoms with E-state index in [1.165, 1.54) is 23.8 Å². The quantitative estimate of drug-likeness (QED) is 0.315. The molecule has 3 rings (SSSR count). The summed E-state index contributed by atoms with van der Waals surface area (Å²) in [5.41, 5.74) is 5.93. The molecule has 0 saturated heterocycles. The topological polar surface area (TPSA) is 97.0 Å². The molecular formula is C21H23N3O5S. The summed E-state index contributed by atoms with van der Waals surface area (Å²) in [6, 6.07) is 12.3. The average molecular weight is 429 g/mol. The molecule has 2 N–H and O–H groups in total. The number of benzene rings is 2. The fourth-order valence-electron chi connectivity index (χ4n) is 3.59. The number of amides is 2. The largest absolute Gasteiger partial charge is 0.465 e. The Hall–Kier alpha value is -3.20. The van der Waals surface area contributed by atoms with Crippen molar-refractivity contribution in [1.29, 1.82) is 0 Å². The van der Waals surface area contributed by atoms with E-state index < -0.39 is 17.5 Å². The highest BCUT2D eigenvalue weighted by molar-refractivity contribution is 7.98. The number of anilines is 2. The molecule has 1 heterocycles. The summed E-state index contributed by atoms with van der Waals surface area (Å²) < 4.78 is 9.93. The van der Waals surface area contributed by atoms with E-state index in [1.54, 1.807) is 50.4 Å². The van der Waals surface area contributed by atoms with Gasteiger partial charge in [0, 0.05) is 23.2 Å². The summed E-state index contributed by atoms with van der Waals surface area (Å²) in [5.74, 6) is -0.991. The van der Waals surface area contributed by atoms with Crippen LogP contribution >= 0.6 is 11.8 Å². The van der Waals surface area contributed by atoms with Crippen LogP contribution in [0.1, 0.15) is 18.1 Å². The van der Waals surface area contributed by atoms with Gasteiger partial charge < -0.3 is 14.4 Å². The summed E-state index contributed by atoms with van der Waals surface area (Å²) in [4.78, 5) is 40.3. The molecule has 0 aliphatic carbocycles. The maximum Gasteiger partial charge on any atom is 0.425 e. The van der Waals surface area contributed by atoms with Gasteiger partial charge in [-0.1, -0.05) is 24.3 Å². The van der Waals surface area contributed by atoms with Gasteiger partial charge in [-0.3, -0.25) is 15.0 Å². The van der Waals surface area contributed by atoms with Crippen molar-refractivity contribution < 1.29 is 23.9 Å². The Balaban J connectivity index is 2.16. The molecule has 2 aromatic rings. The highest BCUT2D eigenvalue weighted by Gasteiger charge is 2.58. The minimum absolute atomic E-state index is 0.151. The second-order valence-corrected chi connectivity index (χ2v) is 7.36. The number of nitrogens with zero attached hydrogens (tertiary/aromatic N) is 1. The van der Waals surface area contributed by atoms with Crippen LogP contribution in [0, 0.1) is 0 Å². The van der Waals surface area contributed by atoms with Crippen LogP contribution in [0.2, 0.25) is 0 Å². The van der Waals surface area contributed by atoms with Gasteiger partial charge in [-0.05, 0) is 36.9 Å². The molecule has 2 amide bonds. The van der Waals surface area contributed by atoms with Gasteiger partial charge in [0.15, 0.2) is 5.41 Å². The molecule has 30 heavy (non-hydrogen) atoms. The summed E-state index contributed by atoms with van der Waals surface area (Å²) in [6.07, 6.45) is 1.21. The van der Waals surface area contributed by atoms with E-state index in [4.69, 9.17) is 4.74 Å². The molecule has 1 atom stereocenters. The first-order chi connectivity index (χ1) is 14.4. The predicted molar refractivity (Wildman–Crippen MR) is 115 cm³/mol. The third-order valence-electron chi connectivity index (χ3n) is 5.00. The van der Waals surface area contributed by atoms with Gasteiger partial charge in [0.05, 0.1) is 19.4 Å². The maximum atomic E-state index is 13.5. The van der Waals surface area contributed by atoms with Crippen LogP contribution in [-0.4, -0.2) is 45.0 Å². The lowest BCUT2D eigenvalue weighted by molar-refractivity contribution is -0.151. The Morgan fingerprint density at radius 3 is 2.60 bits per heavy atom. The first kappa shape index (κ1) is 21.5. The normalized spacial score (nSPS) is 17.3. The molecule has 0 saturated carbocycles. The molecule has 8 nitrogen and oxygen atoms in total. The number of likely N-dealkylation sites (N-methyl/N-ethyl adjacent to an activating group) is 1. The number of carbonyl (C=O) groups is 3. The lowest BCUT2D eigenvalue weighted by Gasteiger charge is -2.27. The number of fused-ring (bicyclic) bond motifs is 1. The zero-order valence-corrected chi connectivity index (χ0v) is 18.0. The lowest BCUT2D eigenvalue weighted by atomic mass is 9.75. The zero-order valence-electron chi connectivity index (χ0n) is 17.1. The molecule has 158 valence electrons. The number of rotatable bonds is 6. The van der Waals surface area contributed by atoms with E-state index in [9.17, 15) is 14.4 Å². The predicted octanol–water partition coefficient (Wildman–Crippen LogP) is 2.92. The SMILES string of the molecule is CCOC(=O)[C@@]1(c2ccc(NNC(=O)OC)c(SC)c2)C(=O)N(C)c2ccccc21. The van der Waals surface area contributed by atoms with Gasteiger partial charge in [-0.25, -0.2) is 10.2 Å². The number of esters is 1. The molecule has 1 aliphatic rings. The highest BCUT2D eigenvalue weighted by Crippen LogP contribution is 2.47. The lowest BCUT2D eigenvalue weighted by Crippen LogP contribution is -2.47. The van der Waals surface area contributed by atoms with Gasteiger partial charge in [-0.15, -0.1) is 11.8 Å². The van der Waals surface area contributed by atoms with E-state index in [2.05, 4.69) is 15.6 Å². The summed E-state index contributed by atoms with van der Waals surface area (Å²) in [6.45, 7) is 1.86. The Bertz CT molecular complexity index is 996. The molecule has 1 aliphatic heterocycles. The maximum absolute atomic E-state index is 13.5. The van der Waals surface area contributed by atoms with E-state index >= 15 is 0 Å². The standard InChI is InChI=1S/C21H23N3O5S/c1-5-29-19(26)21(14-8-6-7-9-16(14)24(2)18(21)25)13-10-11-15(17(12-13)30-4)22-23-20(27)28-3/h6-12,22H,5H2,1-4H3,(H,23,27)/t21-/m1/s1.